The molecule has 4 nitrogen and oxygen atoms in total. The Morgan fingerprint density at radius 2 is 1.20 bits per heavy atom. The zero-order valence-electron chi connectivity index (χ0n) is 14.7. The molecule has 0 bridgehead atoms. The second kappa shape index (κ2) is 9.72. The summed E-state index contributed by atoms with van der Waals surface area (Å²) >= 11 is 0. The predicted octanol–water partition coefficient (Wildman–Crippen LogP) is 2.86. The van der Waals surface area contributed by atoms with Crippen LogP contribution < -0.4 is 0 Å². The first kappa shape index (κ1) is 22.1. The lowest BCUT2D eigenvalue weighted by Crippen LogP contribution is -2.56. The van der Waals surface area contributed by atoms with Gasteiger partial charge in [0, 0.05) is 13.2 Å². The molecule has 0 aliphatic rings. The monoisotopic (exact) mass is 292 g/mol. The van der Waals surface area contributed by atoms with Gasteiger partial charge < -0.3 is 19.7 Å². The fraction of sp³-hybridized carbons (Fsp3) is 1.00. The SMILES string of the molecule is CC(C)(C)C(O)(COCCO)C(C)(C)C.CCOCC. The van der Waals surface area contributed by atoms with Crippen molar-refractivity contribution in [1.29, 1.82) is 0 Å². The van der Waals surface area contributed by atoms with Gasteiger partial charge in [0.15, 0.2) is 0 Å². The van der Waals surface area contributed by atoms with Crippen molar-refractivity contribution in [3.8, 4) is 0 Å². The summed E-state index contributed by atoms with van der Waals surface area (Å²) in [5.41, 5.74) is -1.43. The molecule has 2 N–H and O–H groups in total. The third kappa shape index (κ3) is 7.58. The minimum Gasteiger partial charge on any atom is -0.394 e. The number of aliphatic hydroxyl groups excluding tert-OH is 1. The van der Waals surface area contributed by atoms with Crippen molar-refractivity contribution in [3.63, 3.8) is 0 Å². The van der Waals surface area contributed by atoms with E-state index < -0.39 is 5.60 Å². The molecule has 0 aliphatic heterocycles. The number of hydrogen-bond donors (Lipinski definition) is 2. The molecule has 0 saturated heterocycles. The third-order valence-electron chi connectivity index (χ3n) is 3.44. The molecule has 0 saturated carbocycles. The van der Waals surface area contributed by atoms with E-state index in [2.05, 4.69) is 0 Å². The first-order chi connectivity index (χ1) is 8.97. The average molecular weight is 292 g/mol. The first-order valence-electron chi connectivity index (χ1n) is 7.46. The van der Waals surface area contributed by atoms with Gasteiger partial charge >= 0.3 is 0 Å². The van der Waals surface area contributed by atoms with E-state index >= 15 is 0 Å². The van der Waals surface area contributed by atoms with Gasteiger partial charge in [-0.2, -0.15) is 0 Å². The Bertz CT molecular complexity index is 210. The average Bonchev–Trinajstić information content (AvgIpc) is 2.28. The van der Waals surface area contributed by atoms with Gasteiger partial charge in [0.05, 0.1) is 25.4 Å². The molecule has 0 aromatic heterocycles. The molecule has 0 spiro atoms. The van der Waals surface area contributed by atoms with E-state index in [1.165, 1.54) is 0 Å². The minimum absolute atomic E-state index is 0.00956. The van der Waals surface area contributed by atoms with Crippen LogP contribution in [0.3, 0.4) is 0 Å². The normalized spacial score (nSPS) is 12.9. The van der Waals surface area contributed by atoms with E-state index in [4.69, 9.17) is 14.6 Å². The molecule has 0 amide bonds. The van der Waals surface area contributed by atoms with Crippen LogP contribution in [0.5, 0.6) is 0 Å². The van der Waals surface area contributed by atoms with Gasteiger partial charge in [0.1, 0.15) is 0 Å². The number of hydrogen-bond acceptors (Lipinski definition) is 4. The van der Waals surface area contributed by atoms with Crippen LogP contribution in [0.2, 0.25) is 0 Å². The summed E-state index contributed by atoms with van der Waals surface area (Å²) in [6.45, 7) is 18.2. The molecule has 0 unspecified atom stereocenters. The molecule has 0 fully saturated rings. The lowest BCUT2D eigenvalue weighted by atomic mass is 9.63. The second-order valence-corrected chi connectivity index (χ2v) is 6.92. The summed E-state index contributed by atoms with van der Waals surface area (Å²) in [5, 5.41) is 19.4. The summed E-state index contributed by atoms with van der Waals surface area (Å²) in [5.74, 6) is 0. The number of rotatable bonds is 6. The van der Waals surface area contributed by atoms with Gasteiger partial charge in [0.25, 0.3) is 0 Å². The number of ether oxygens (including phenoxy) is 2. The van der Waals surface area contributed by atoms with E-state index in [0.717, 1.165) is 13.2 Å². The summed E-state index contributed by atoms with van der Waals surface area (Å²) < 4.78 is 10.1. The quantitative estimate of drug-likeness (QED) is 0.739. The van der Waals surface area contributed by atoms with Crippen molar-refractivity contribution >= 4 is 0 Å². The highest BCUT2D eigenvalue weighted by atomic mass is 16.5. The van der Waals surface area contributed by atoms with Gasteiger partial charge in [-0.15, -0.1) is 0 Å². The lowest BCUT2D eigenvalue weighted by molar-refractivity contribution is -0.177. The summed E-state index contributed by atoms with van der Waals surface area (Å²) in [6, 6.07) is 0. The fourth-order valence-corrected chi connectivity index (χ4v) is 2.05. The topological polar surface area (TPSA) is 58.9 Å². The maximum Gasteiger partial charge on any atom is 0.0975 e. The van der Waals surface area contributed by atoms with Crippen molar-refractivity contribution in [2.75, 3.05) is 33.0 Å². The maximum absolute atomic E-state index is 10.7. The highest BCUT2D eigenvalue weighted by molar-refractivity contribution is 4.99. The third-order valence-corrected chi connectivity index (χ3v) is 3.44. The van der Waals surface area contributed by atoms with E-state index in [0.29, 0.717) is 0 Å². The van der Waals surface area contributed by atoms with E-state index in [-0.39, 0.29) is 30.7 Å². The summed E-state index contributed by atoms with van der Waals surface area (Å²) in [7, 11) is 0. The van der Waals surface area contributed by atoms with Crippen LogP contribution in [0.15, 0.2) is 0 Å². The highest BCUT2D eigenvalue weighted by Crippen LogP contribution is 2.43. The molecule has 0 heterocycles. The van der Waals surface area contributed by atoms with Crippen molar-refractivity contribution < 1.29 is 19.7 Å². The van der Waals surface area contributed by atoms with E-state index in [9.17, 15) is 5.11 Å². The molecule has 4 heteroatoms. The minimum atomic E-state index is -0.908. The van der Waals surface area contributed by atoms with E-state index in [1.807, 2.05) is 55.4 Å². The fourth-order valence-electron chi connectivity index (χ4n) is 2.05. The van der Waals surface area contributed by atoms with Crippen molar-refractivity contribution in [1.82, 2.24) is 0 Å². The smallest absolute Gasteiger partial charge is 0.0975 e. The van der Waals surface area contributed by atoms with Gasteiger partial charge in [0.2, 0.25) is 0 Å². The van der Waals surface area contributed by atoms with Crippen LogP contribution in [0.4, 0.5) is 0 Å². The largest absolute Gasteiger partial charge is 0.394 e. The second-order valence-electron chi connectivity index (χ2n) is 6.92. The molecule has 124 valence electrons. The van der Waals surface area contributed by atoms with Crippen LogP contribution in [0, 0.1) is 10.8 Å². The predicted molar refractivity (Wildman–Crippen MR) is 83.9 cm³/mol. The van der Waals surface area contributed by atoms with Crippen molar-refractivity contribution in [2.45, 2.75) is 61.0 Å². The molecule has 20 heavy (non-hydrogen) atoms. The molecule has 0 aliphatic carbocycles. The molecular weight excluding hydrogens is 256 g/mol. The Hall–Kier alpha value is -0.160. The van der Waals surface area contributed by atoms with Crippen LogP contribution in [-0.2, 0) is 9.47 Å². The standard InChI is InChI=1S/C12H26O3.C4H10O/c1-10(2,3)12(14,11(4,5)6)9-15-8-7-13;1-3-5-4-2/h13-14H,7-9H2,1-6H3;3-4H2,1-2H3. The first-order valence-corrected chi connectivity index (χ1v) is 7.46. The Kier molecular flexibility index (Phi) is 10.8. The molecule has 0 rings (SSSR count). The summed E-state index contributed by atoms with van der Waals surface area (Å²) in [4.78, 5) is 0. The van der Waals surface area contributed by atoms with Crippen LogP contribution >= 0.6 is 0 Å². The van der Waals surface area contributed by atoms with Crippen LogP contribution in [-0.4, -0.2) is 48.8 Å². The van der Waals surface area contributed by atoms with Gasteiger partial charge in [-0.25, -0.2) is 0 Å². The number of aliphatic hydroxyl groups is 2. The van der Waals surface area contributed by atoms with Gasteiger partial charge in [-0.05, 0) is 24.7 Å². The Labute approximate surface area is 125 Å². The van der Waals surface area contributed by atoms with Crippen molar-refractivity contribution in [3.05, 3.63) is 0 Å². The lowest BCUT2D eigenvalue weighted by Gasteiger charge is -2.49. The molecule has 0 radical (unpaired) electrons. The van der Waals surface area contributed by atoms with Crippen molar-refractivity contribution in [2.24, 2.45) is 10.8 Å². The Balaban J connectivity index is 0. The summed E-state index contributed by atoms with van der Waals surface area (Å²) in [6.07, 6.45) is 0. The molecule has 0 atom stereocenters. The molecular formula is C16H36O4. The van der Waals surface area contributed by atoms with Crippen LogP contribution in [0.1, 0.15) is 55.4 Å². The zero-order chi connectivity index (χ0) is 16.4. The van der Waals surface area contributed by atoms with Crippen LogP contribution in [0.25, 0.3) is 0 Å². The Morgan fingerprint density at radius 1 is 0.800 bits per heavy atom. The molecule has 0 aromatic rings. The van der Waals surface area contributed by atoms with Gasteiger partial charge in [-0.3, -0.25) is 0 Å². The highest BCUT2D eigenvalue weighted by Gasteiger charge is 2.49. The molecule has 0 aromatic carbocycles. The Morgan fingerprint density at radius 3 is 1.40 bits per heavy atom. The maximum atomic E-state index is 10.7. The zero-order valence-corrected chi connectivity index (χ0v) is 14.7. The van der Waals surface area contributed by atoms with E-state index in [1.54, 1.807) is 0 Å². The van der Waals surface area contributed by atoms with Gasteiger partial charge in [-0.1, -0.05) is 41.5 Å².